The van der Waals surface area contributed by atoms with Crippen LogP contribution in [0.5, 0.6) is 0 Å². The zero-order valence-corrected chi connectivity index (χ0v) is 13.8. The Balaban J connectivity index is 3.08. The van der Waals surface area contributed by atoms with Gasteiger partial charge in [-0.25, -0.2) is 4.79 Å². The van der Waals surface area contributed by atoms with E-state index in [1.165, 1.54) is 27.9 Å². The zero-order valence-electron chi connectivity index (χ0n) is 13.8. The Bertz CT molecular complexity index is 516. The van der Waals surface area contributed by atoms with Gasteiger partial charge in [0.15, 0.2) is 0 Å². The van der Waals surface area contributed by atoms with Crippen molar-refractivity contribution in [2.24, 2.45) is 5.41 Å². The number of methoxy groups -OCH3 is 1. The van der Waals surface area contributed by atoms with Crippen LogP contribution in [0.25, 0.3) is 0 Å². The third kappa shape index (κ3) is 4.59. The first-order valence-corrected chi connectivity index (χ1v) is 7.22. The summed E-state index contributed by atoms with van der Waals surface area (Å²) in [5, 5.41) is 10.9. The third-order valence-electron chi connectivity index (χ3n) is 3.81. The smallest absolute Gasteiger partial charge is 0.471 e. The largest absolute Gasteiger partial charge is 0.480 e. The highest BCUT2D eigenvalue weighted by molar-refractivity contribution is 5.92. The molecule has 0 unspecified atom stereocenters. The van der Waals surface area contributed by atoms with Crippen LogP contribution in [0.4, 0.5) is 13.2 Å². The highest BCUT2D eigenvalue weighted by Crippen LogP contribution is 2.28. The number of halogens is 3. The lowest BCUT2D eigenvalue weighted by Crippen LogP contribution is -2.58. The monoisotopic (exact) mass is 354 g/mol. The summed E-state index contributed by atoms with van der Waals surface area (Å²) in [5.74, 6) is -4.41. The number of hydrogen-bond donors (Lipinski definition) is 2. The molecule has 1 heterocycles. The van der Waals surface area contributed by atoms with E-state index in [0.717, 1.165) is 4.90 Å². The summed E-state index contributed by atoms with van der Waals surface area (Å²) in [6.07, 6.45) is -5.65. The first-order valence-electron chi connectivity index (χ1n) is 7.22. The zero-order chi connectivity index (χ0) is 18.9. The number of nitrogens with one attached hydrogen (secondary N) is 1. The van der Waals surface area contributed by atoms with Gasteiger partial charge < -0.3 is 20.1 Å². The quantitative estimate of drug-likeness (QED) is 0.778. The molecule has 0 saturated carbocycles. The number of rotatable bonds is 4. The summed E-state index contributed by atoms with van der Waals surface area (Å²) in [7, 11) is 1.35. The molecule has 2 amide bonds. The average Bonchev–Trinajstić information content (AvgIpc) is 2.85. The van der Waals surface area contributed by atoms with Crippen molar-refractivity contribution in [3.63, 3.8) is 0 Å². The van der Waals surface area contributed by atoms with E-state index in [-0.39, 0.29) is 13.0 Å². The van der Waals surface area contributed by atoms with Gasteiger partial charge in [-0.05, 0) is 5.41 Å². The molecule has 0 radical (unpaired) electrons. The van der Waals surface area contributed by atoms with Crippen molar-refractivity contribution >= 4 is 17.8 Å². The molecule has 0 aliphatic carbocycles. The van der Waals surface area contributed by atoms with Crippen LogP contribution in [0.15, 0.2) is 0 Å². The van der Waals surface area contributed by atoms with E-state index in [0.29, 0.717) is 0 Å². The van der Waals surface area contributed by atoms with Crippen molar-refractivity contribution in [3.8, 4) is 0 Å². The Kier molecular flexibility index (Phi) is 5.86. The predicted molar refractivity (Wildman–Crippen MR) is 76.0 cm³/mol. The maximum atomic E-state index is 12.7. The normalized spacial score (nSPS) is 23.0. The van der Waals surface area contributed by atoms with E-state index >= 15 is 0 Å². The Hall–Kier alpha value is -1.84. The van der Waals surface area contributed by atoms with Gasteiger partial charge in [0, 0.05) is 20.1 Å². The van der Waals surface area contributed by atoms with Crippen LogP contribution in [-0.2, 0) is 19.1 Å². The molecular weight excluding hydrogens is 333 g/mol. The number of ether oxygens (including phenoxy) is 1. The van der Waals surface area contributed by atoms with E-state index in [9.17, 15) is 32.7 Å². The number of carbonyl (C=O) groups excluding carboxylic acids is 2. The van der Waals surface area contributed by atoms with Gasteiger partial charge in [-0.3, -0.25) is 9.59 Å². The standard InChI is InChI=1S/C14H21F3N2O5/c1-13(2,3)9(18-12(23)14(15,16)17)10(20)19-6-7(24-4)5-8(19)11(21)22/h7-9H,5-6H2,1-4H3,(H,18,23)(H,21,22)/t7-,8-,9+/m0/s1. The molecule has 24 heavy (non-hydrogen) atoms. The Morgan fingerprint density at radius 3 is 2.17 bits per heavy atom. The molecule has 0 spiro atoms. The molecule has 10 heteroatoms. The minimum atomic E-state index is -5.14. The predicted octanol–water partition coefficient (Wildman–Crippen LogP) is 0.780. The lowest BCUT2D eigenvalue weighted by molar-refractivity contribution is -0.176. The van der Waals surface area contributed by atoms with Gasteiger partial charge >= 0.3 is 18.1 Å². The summed E-state index contributed by atoms with van der Waals surface area (Å²) in [4.78, 5) is 36.1. The second kappa shape index (κ2) is 6.96. The fourth-order valence-electron chi connectivity index (χ4n) is 2.47. The van der Waals surface area contributed by atoms with Crippen LogP contribution in [0.2, 0.25) is 0 Å². The molecule has 1 rings (SSSR count). The topological polar surface area (TPSA) is 95.9 Å². The van der Waals surface area contributed by atoms with Gasteiger partial charge in [0.2, 0.25) is 5.91 Å². The van der Waals surface area contributed by atoms with Crippen molar-refractivity contribution in [1.82, 2.24) is 10.2 Å². The van der Waals surface area contributed by atoms with Gasteiger partial charge in [-0.2, -0.15) is 13.2 Å². The average molecular weight is 354 g/mol. The molecular formula is C14H21F3N2O5. The number of likely N-dealkylation sites (tertiary alicyclic amines) is 1. The number of nitrogens with zero attached hydrogens (tertiary/aromatic N) is 1. The lowest BCUT2D eigenvalue weighted by Gasteiger charge is -2.34. The van der Waals surface area contributed by atoms with Crippen LogP contribution in [-0.4, -0.2) is 65.8 Å². The first kappa shape index (κ1) is 20.2. The van der Waals surface area contributed by atoms with Crippen LogP contribution in [0.3, 0.4) is 0 Å². The Morgan fingerprint density at radius 1 is 1.25 bits per heavy atom. The summed E-state index contributed by atoms with van der Waals surface area (Å²) in [6.45, 7) is 4.37. The van der Waals surface area contributed by atoms with E-state index in [1.807, 2.05) is 0 Å². The first-order chi connectivity index (χ1) is 10.8. The van der Waals surface area contributed by atoms with Gasteiger partial charge in [-0.1, -0.05) is 20.8 Å². The molecule has 7 nitrogen and oxygen atoms in total. The second-order valence-electron chi connectivity index (χ2n) is 6.71. The fourth-order valence-corrected chi connectivity index (χ4v) is 2.47. The molecule has 1 saturated heterocycles. The minimum absolute atomic E-state index is 0.0294. The molecule has 138 valence electrons. The van der Waals surface area contributed by atoms with Crippen molar-refractivity contribution in [2.75, 3.05) is 13.7 Å². The van der Waals surface area contributed by atoms with Gasteiger partial charge in [0.05, 0.1) is 6.10 Å². The molecule has 0 aromatic heterocycles. The van der Waals surface area contributed by atoms with Gasteiger partial charge in [-0.15, -0.1) is 0 Å². The van der Waals surface area contributed by atoms with Crippen molar-refractivity contribution in [1.29, 1.82) is 0 Å². The van der Waals surface area contributed by atoms with E-state index in [4.69, 9.17) is 4.74 Å². The molecule has 3 atom stereocenters. The SMILES string of the molecule is CO[C@H]1C[C@@H](C(=O)O)N(C(=O)[C@@H](NC(=O)C(F)(F)F)C(C)(C)C)C1. The summed E-state index contributed by atoms with van der Waals surface area (Å²) < 4.78 is 42.6. The highest BCUT2D eigenvalue weighted by atomic mass is 19.4. The minimum Gasteiger partial charge on any atom is -0.480 e. The summed E-state index contributed by atoms with van der Waals surface area (Å²) >= 11 is 0. The number of carboxylic acid groups (broad SMARTS) is 1. The Morgan fingerprint density at radius 2 is 1.79 bits per heavy atom. The van der Waals surface area contributed by atoms with Crippen LogP contribution in [0, 0.1) is 5.41 Å². The molecule has 1 aliphatic heterocycles. The maximum Gasteiger partial charge on any atom is 0.471 e. The molecule has 0 aromatic rings. The molecule has 1 aliphatic rings. The Labute approximate surface area is 137 Å². The third-order valence-corrected chi connectivity index (χ3v) is 3.81. The van der Waals surface area contributed by atoms with Gasteiger partial charge in [0.1, 0.15) is 12.1 Å². The van der Waals surface area contributed by atoms with Crippen LogP contribution < -0.4 is 5.32 Å². The number of amides is 2. The fraction of sp³-hybridized carbons (Fsp3) is 0.786. The number of hydrogen-bond acceptors (Lipinski definition) is 4. The van der Waals surface area contributed by atoms with Crippen LogP contribution in [0.1, 0.15) is 27.2 Å². The lowest BCUT2D eigenvalue weighted by atomic mass is 9.85. The van der Waals surface area contributed by atoms with E-state index in [2.05, 4.69) is 0 Å². The number of carbonyl (C=O) groups is 3. The van der Waals surface area contributed by atoms with Crippen molar-refractivity contribution in [2.45, 2.75) is 51.6 Å². The molecule has 1 fully saturated rings. The van der Waals surface area contributed by atoms with Gasteiger partial charge in [0.25, 0.3) is 0 Å². The van der Waals surface area contributed by atoms with Crippen LogP contribution >= 0.6 is 0 Å². The second-order valence-corrected chi connectivity index (χ2v) is 6.71. The molecule has 0 bridgehead atoms. The maximum absolute atomic E-state index is 12.7. The molecule has 2 N–H and O–H groups in total. The highest BCUT2D eigenvalue weighted by Gasteiger charge is 2.48. The number of alkyl halides is 3. The number of carboxylic acids is 1. The van der Waals surface area contributed by atoms with Crippen molar-refractivity contribution < 1.29 is 37.4 Å². The number of aliphatic carboxylic acids is 1. The summed E-state index contributed by atoms with van der Waals surface area (Å²) in [5.41, 5.74) is -1.05. The van der Waals surface area contributed by atoms with E-state index in [1.54, 1.807) is 5.32 Å². The molecule has 0 aromatic carbocycles. The summed E-state index contributed by atoms with van der Waals surface area (Å²) in [6, 6.07) is -2.74. The van der Waals surface area contributed by atoms with E-state index < -0.39 is 47.6 Å². The van der Waals surface area contributed by atoms with Crippen molar-refractivity contribution in [3.05, 3.63) is 0 Å².